The van der Waals surface area contributed by atoms with Gasteiger partial charge in [0.25, 0.3) is 5.91 Å². The topological polar surface area (TPSA) is 89.8 Å². The molecule has 0 radical (unpaired) electrons. The highest BCUT2D eigenvalue weighted by Crippen LogP contribution is 2.32. The van der Waals surface area contributed by atoms with Gasteiger partial charge in [0.1, 0.15) is 17.0 Å². The number of nitrogens with one attached hydrogen (secondary N) is 2. The van der Waals surface area contributed by atoms with E-state index in [1.54, 1.807) is 31.2 Å². The predicted molar refractivity (Wildman–Crippen MR) is 97.9 cm³/mol. The molecule has 0 bridgehead atoms. The molecule has 0 fully saturated rings. The minimum atomic E-state index is -4.81. The molecule has 0 atom stereocenters. The number of carbonyl (C=O) groups is 2. The average molecular weight is 408 g/mol. The zero-order valence-corrected chi connectivity index (χ0v) is 15.0. The SMILES string of the molecule is CCOC(=O)Nc1c(C(=O)Nc2ccc(OC(F)(F)F)cc2)oc2ccccc12. The van der Waals surface area contributed by atoms with E-state index in [2.05, 4.69) is 15.4 Å². The Labute approximate surface area is 162 Å². The molecule has 0 saturated carbocycles. The highest BCUT2D eigenvalue weighted by molar-refractivity contribution is 6.13. The van der Waals surface area contributed by atoms with Crippen molar-refractivity contribution in [2.45, 2.75) is 13.3 Å². The van der Waals surface area contributed by atoms with E-state index < -0.39 is 24.1 Å². The molecule has 2 N–H and O–H groups in total. The third-order valence-corrected chi connectivity index (χ3v) is 3.65. The zero-order chi connectivity index (χ0) is 21.0. The second-order valence-electron chi connectivity index (χ2n) is 5.67. The average Bonchev–Trinajstić information content (AvgIpc) is 3.01. The normalized spacial score (nSPS) is 11.2. The fourth-order valence-electron chi connectivity index (χ4n) is 2.53. The molecular formula is C19H15F3N2O5. The molecule has 1 heterocycles. The fraction of sp³-hybridized carbons (Fsp3) is 0.158. The molecule has 0 unspecified atom stereocenters. The van der Waals surface area contributed by atoms with E-state index in [9.17, 15) is 22.8 Å². The molecule has 0 aliphatic heterocycles. The smallest absolute Gasteiger partial charge is 0.450 e. The van der Waals surface area contributed by atoms with Crippen molar-refractivity contribution in [3.63, 3.8) is 0 Å². The van der Waals surface area contributed by atoms with Gasteiger partial charge in [0.05, 0.1) is 6.61 Å². The number of hydrogen-bond donors (Lipinski definition) is 2. The van der Waals surface area contributed by atoms with Gasteiger partial charge in [-0.15, -0.1) is 13.2 Å². The lowest BCUT2D eigenvalue weighted by molar-refractivity contribution is -0.274. The van der Waals surface area contributed by atoms with Crippen LogP contribution in [0, 0.1) is 0 Å². The number of rotatable bonds is 5. The molecular weight excluding hydrogens is 393 g/mol. The number of halogens is 3. The Balaban J connectivity index is 1.84. The van der Waals surface area contributed by atoms with E-state index in [0.29, 0.717) is 11.0 Å². The van der Waals surface area contributed by atoms with Gasteiger partial charge < -0.3 is 19.2 Å². The summed E-state index contributed by atoms with van der Waals surface area (Å²) in [5.74, 6) is -1.32. The molecule has 3 rings (SSSR count). The summed E-state index contributed by atoms with van der Waals surface area (Å²) >= 11 is 0. The molecule has 1 aromatic heterocycles. The van der Waals surface area contributed by atoms with Gasteiger partial charge in [-0.05, 0) is 43.3 Å². The first-order valence-corrected chi connectivity index (χ1v) is 8.39. The summed E-state index contributed by atoms with van der Waals surface area (Å²) in [6.45, 7) is 1.77. The van der Waals surface area contributed by atoms with E-state index >= 15 is 0 Å². The van der Waals surface area contributed by atoms with Crippen LogP contribution < -0.4 is 15.4 Å². The standard InChI is InChI=1S/C19H15F3N2O5/c1-2-27-18(26)24-15-13-5-3-4-6-14(13)28-16(15)17(25)23-11-7-9-12(10-8-11)29-19(20,21)22/h3-10H,2H2,1H3,(H,23,25)(H,24,26). The van der Waals surface area contributed by atoms with E-state index in [-0.39, 0.29) is 23.7 Å². The molecule has 0 aliphatic carbocycles. The van der Waals surface area contributed by atoms with Crippen molar-refractivity contribution in [3.8, 4) is 5.75 Å². The minimum absolute atomic E-state index is 0.119. The summed E-state index contributed by atoms with van der Waals surface area (Å²) in [5, 5.41) is 5.45. The van der Waals surface area contributed by atoms with Gasteiger partial charge in [0.15, 0.2) is 0 Å². The lowest BCUT2D eigenvalue weighted by atomic mass is 10.2. The summed E-state index contributed by atoms with van der Waals surface area (Å²) in [6.07, 6.45) is -5.58. The van der Waals surface area contributed by atoms with E-state index in [1.807, 2.05) is 0 Å². The molecule has 10 heteroatoms. The second kappa shape index (κ2) is 8.13. The third kappa shape index (κ3) is 4.98. The first-order chi connectivity index (χ1) is 13.8. The number of furan rings is 1. The Morgan fingerprint density at radius 2 is 1.72 bits per heavy atom. The van der Waals surface area contributed by atoms with Crippen molar-refractivity contribution in [2.24, 2.45) is 0 Å². The number of alkyl halides is 3. The molecule has 3 aromatic rings. The number of para-hydroxylation sites is 1. The number of hydrogen-bond acceptors (Lipinski definition) is 5. The maximum atomic E-state index is 12.6. The van der Waals surface area contributed by atoms with Gasteiger partial charge in [-0.3, -0.25) is 10.1 Å². The zero-order valence-electron chi connectivity index (χ0n) is 15.0. The number of amides is 2. The van der Waals surface area contributed by atoms with Crippen LogP contribution in [-0.2, 0) is 4.74 Å². The highest BCUT2D eigenvalue weighted by atomic mass is 19.4. The summed E-state index contributed by atoms with van der Waals surface area (Å²) in [4.78, 5) is 24.5. The fourth-order valence-corrected chi connectivity index (χ4v) is 2.53. The van der Waals surface area contributed by atoms with Gasteiger partial charge in [0.2, 0.25) is 5.76 Å². The maximum absolute atomic E-state index is 12.6. The molecule has 7 nitrogen and oxygen atoms in total. The largest absolute Gasteiger partial charge is 0.573 e. The van der Waals surface area contributed by atoms with Crippen molar-refractivity contribution < 1.29 is 36.7 Å². The second-order valence-corrected chi connectivity index (χ2v) is 5.67. The first-order valence-electron chi connectivity index (χ1n) is 8.39. The Morgan fingerprint density at radius 3 is 2.38 bits per heavy atom. The number of fused-ring (bicyclic) bond motifs is 1. The Hall–Kier alpha value is -3.69. The van der Waals surface area contributed by atoms with Gasteiger partial charge >= 0.3 is 12.5 Å². The Kier molecular flexibility index (Phi) is 5.62. The van der Waals surface area contributed by atoms with Gasteiger partial charge in [0, 0.05) is 11.1 Å². The van der Waals surface area contributed by atoms with Crippen LogP contribution in [0.15, 0.2) is 52.9 Å². The van der Waals surface area contributed by atoms with Crippen molar-refractivity contribution in [2.75, 3.05) is 17.2 Å². The molecule has 152 valence electrons. The van der Waals surface area contributed by atoms with E-state index in [1.165, 1.54) is 12.1 Å². The van der Waals surface area contributed by atoms with Gasteiger partial charge in [-0.25, -0.2) is 4.79 Å². The van der Waals surface area contributed by atoms with Crippen LogP contribution in [0.1, 0.15) is 17.5 Å². The van der Waals surface area contributed by atoms with Crippen LogP contribution in [-0.4, -0.2) is 25.0 Å². The molecule has 29 heavy (non-hydrogen) atoms. The lowest BCUT2D eigenvalue weighted by Crippen LogP contribution is -2.18. The van der Waals surface area contributed by atoms with Crippen LogP contribution in [0.25, 0.3) is 11.0 Å². The van der Waals surface area contributed by atoms with Crippen LogP contribution >= 0.6 is 0 Å². The van der Waals surface area contributed by atoms with E-state index in [4.69, 9.17) is 9.15 Å². The summed E-state index contributed by atoms with van der Waals surface area (Å²) < 4.78 is 50.9. The molecule has 0 saturated heterocycles. The Morgan fingerprint density at radius 1 is 1.03 bits per heavy atom. The van der Waals surface area contributed by atoms with Crippen LogP contribution in [0.3, 0.4) is 0 Å². The quantitative estimate of drug-likeness (QED) is 0.609. The number of ether oxygens (including phenoxy) is 2. The van der Waals surface area contributed by atoms with Crippen molar-refractivity contribution in [1.29, 1.82) is 0 Å². The molecule has 0 aliphatic rings. The number of benzene rings is 2. The Bertz CT molecular complexity index is 1030. The van der Waals surface area contributed by atoms with Crippen molar-refractivity contribution >= 4 is 34.3 Å². The van der Waals surface area contributed by atoms with Crippen molar-refractivity contribution in [1.82, 2.24) is 0 Å². The minimum Gasteiger partial charge on any atom is -0.450 e. The van der Waals surface area contributed by atoms with Gasteiger partial charge in [-0.2, -0.15) is 0 Å². The summed E-state index contributed by atoms with van der Waals surface area (Å²) in [7, 11) is 0. The lowest BCUT2D eigenvalue weighted by Gasteiger charge is -2.10. The van der Waals surface area contributed by atoms with Crippen molar-refractivity contribution in [3.05, 3.63) is 54.3 Å². The monoisotopic (exact) mass is 408 g/mol. The molecule has 2 aromatic carbocycles. The predicted octanol–water partition coefficient (Wildman–Crippen LogP) is 5.15. The first kappa shape index (κ1) is 20.1. The highest BCUT2D eigenvalue weighted by Gasteiger charge is 2.31. The number of carbonyl (C=O) groups excluding carboxylic acids is 2. The third-order valence-electron chi connectivity index (χ3n) is 3.65. The number of anilines is 2. The molecule has 0 spiro atoms. The van der Waals surface area contributed by atoms with Crippen LogP contribution in [0.2, 0.25) is 0 Å². The van der Waals surface area contributed by atoms with Crippen LogP contribution in [0.5, 0.6) is 5.75 Å². The maximum Gasteiger partial charge on any atom is 0.573 e. The summed E-state index contributed by atoms with van der Waals surface area (Å²) in [5.41, 5.74) is 0.680. The van der Waals surface area contributed by atoms with Crippen LogP contribution in [0.4, 0.5) is 29.3 Å². The van der Waals surface area contributed by atoms with Gasteiger partial charge in [-0.1, -0.05) is 12.1 Å². The summed E-state index contributed by atoms with van der Waals surface area (Å²) in [6, 6.07) is 11.3. The molecule has 2 amide bonds. The van der Waals surface area contributed by atoms with E-state index in [0.717, 1.165) is 12.1 Å².